The summed E-state index contributed by atoms with van der Waals surface area (Å²) in [5, 5.41) is 51.9. The van der Waals surface area contributed by atoms with Gasteiger partial charge in [0.15, 0.2) is 0 Å². The second-order valence-corrected chi connectivity index (χ2v) is 13.3. The Bertz CT molecular complexity index is 758. The first-order valence-electron chi connectivity index (χ1n) is 17.7. The molecule has 0 radical (unpaired) electrons. The molecule has 252 valence electrons. The number of hydrogen-bond donors (Lipinski definition) is 5. The SMILES string of the molecule is CCCCCCCCCCCC[C@H](O)[C@@H](O)CC[C@@H](O)[C@H]1CC[C@H](CCCC(O)CCC[C@H](O)CC2=C[C@H](C)OC2=O)O1. The van der Waals surface area contributed by atoms with Crippen molar-refractivity contribution in [3.63, 3.8) is 0 Å². The van der Waals surface area contributed by atoms with Crippen molar-refractivity contribution >= 4 is 5.97 Å². The Labute approximate surface area is 261 Å². The fourth-order valence-corrected chi connectivity index (χ4v) is 6.43. The Balaban J connectivity index is 1.46. The Morgan fingerprint density at radius 1 is 0.721 bits per heavy atom. The molecule has 43 heavy (non-hydrogen) atoms. The third-order valence-electron chi connectivity index (χ3n) is 9.21. The van der Waals surface area contributed by atoms with Gasteiger partial charge < -0.3 is 35.0 Å². The van der Waals surface area contributed by atoms with E-state index in [9.17, 15) is 30.3 Å². The van der Waals surface area contributed by atoms with E-state index in [1.54, 1.807) is 13.0 Å². The van der Waals surface area contributed by atoms with Crippen LogP contribution in [0.4, 0.5) is 0 Å². The molecule has 0 aromatic heterocycles. The van der Waals surface area contributed by atoms with E-state index < -0.39 is 30.5 Å². The summed E-state index contributed by atoms with van der Waals surface area (Å²) in [6.45, 7) is 4.04. The number of aliphatic hydroxyl groups excluding tert-OH is 5. The average Bonchev–Trinajstić information content (AvgIpc) is 3.57. The van der Waals surface area contributed by atoms with E-state index in [0.29, 0.717) is 56.9 Å². The van der Waals surface area contributed by atoms with Crippen LogP contribution >= 0.6 is 0 Å². The summed E-state index contributed by atoms with van der Waals surface area (Å²) in [6, 6.07) is 0. The summed E-state index contributed by atoms with van der Waals surface area (Å²) in [5.41, 5.74) is 0.536. The molecule has 8 heteroatoms. The fourth-order valence-electron chi connectivity index (χ4n) is 6.43. The third kappa shape index (κ3) is 16.7. The summed E-state index contributed by atoms with van der Waals surface area (Å²) in [7, 11) is 0. The molecule has 0 amide bonds. The van der Waals surface area contributed by atoms with E-state index in [1.807, 2.05) is 0 Å². The third-order valence-corrected chi connectivity index (χ3v) is 9.21. The standard InChI is InChI=1S/C35H64O8/c1-3-4-5-6-7-8-9-10-11-12-19-31(38)32(39)21-22-33(40)34-23-20-30(43-34)18-14-16-28(36)15-13-17-29(37)25-27-24-26(2)42-35(27)41/h24,26,28-34,36-40H,3-23,25H2,1-2H3/t26-,28?,29-,30-,31-,32-,33+,34+/m0/s1. The van der Waals surface area contributed by atoms with E-state index in [0.717, 1.165) is 38.5 Å². The first-order valence-corrected chi connectivity index (χ1v) is 17.7. The Morgan fingerprint density at radius 3 is 1.98 bits per heavy atom. The molecule has 0 aromatic carbocycles. The first-order chi connectivity index (χ1) is 20.7. The summed E-state index contributed by atoms with van der Waals surface area (Å²) >= 11 is 0. The minimum Gasteiger partial charge on any atom is -0.455 e. The van der Waals surface area contributed by atoms with Crippen molar-refractivity contribution in [2.75, 3.05) is 0 Å². The monoisotopic (exact) mass is 612 g/mol. The molecular weight excluding hydrogens is 548 g/mol. The number of cyclic esters (lactones) is 1. The second kappa shape index (κ2) is 22.5. The van der Waals surface area contributed by atoms with Gasteiger partial charge in [-0.05, 0) is 83.6 Å². The molecule has 1 unspecified atom stereocenters. The Kier molecular flexibility index (Phi) is 19.9. The van der Waals surface area contributed by atoms with Gasteiger partial charge in [-0.3, -0.25) is 0 Å². The molecule has 5 N–H and O–H groups in total. The van der Waals surface area contributed by atoms with Crippen LogP contribution in [0.3, 0.4) is 0 Å². The van der Waals surface area contributed by atoms with E-state index in [-0.39, 0.29) is 24.3 Å². The van der Waals surface area contributed by atoms with Crippen LogP contribution < -0.4 is 0 Å². The molecule has 8 nitrogen and oxygen atoms in total. The van der Waals surface area contributed by atoms with Crippen LogP contribution in [0.1, 0.15) is 155 Å². The molecule has 2 aliphatic heterocycles. The zero-order valence-corrected chi connectivity index (χ0v) is 27.2. The fraction of sp³-hybridized carbons (Fsp3) is 0.914. The summed E-state index contributed by atoms with van der Waals surface area (Å²) in [4.78, 5) is 11.7. The first kappa shape index (κ1) is 38.2. The van der Waals surface area contributed by atoms with Gasteiger partial charge in [-0.1, -0.05) is 71.1 Å². The molecule has 8 atom stereocenters. The average molecular weight is 613 g/mol. The van der Waals surface area contributed by atoms with E-state index in [2.05, 4.69) is 6.92 Å². The summed E-state index contributed by atoms with van der Waals surface area (Å²) in [6.07, 6.45) is 18.0. The van der Waals surface area contributed by atoms with Crippen molar-refractivity contribution < 1.29 is 39.8 Å². The molecule has 0 bridgehead atoms. The van der Waals surface area contributed by atoms with Crippen molar-refractivity contribution in [3.8, 4) is 0 Å². The van der Waals surface area contributed by atoms with E-state index >= 15 is 0 Å². The number of carbonyl (C=O) groups is 1. The van der Waals surface area contributed by atoms with Crippen LogP contribution in [0.2, 0.25) is 0 Å². The normalized spacial score (nSPS) is 24.0. The molecule has 2 aliphatic rings. The van der Waals surface area contributed by atoms with Crippen molar-refractivity contribution in [2.45, 2.75) is 204 Å². The van der Waals surface area contributed by atoms with Crippen molar-refractivity contribution in [1.82, 2.24) is 0 Å². The lowest BCUT2D eigenvalue weighted by molar-refractivity contribution is -0.139. The highest BCUT2D eigenvalue weighted by Gasteiger charge is 2.31. The molecule has 0 spiro atoms. The van der Waals surface area contributed by atoms with Gasteiger partial charge in [0.05, 0.1) is 42.7 Å². The molecule has 2 rings (SSSR count). The number of esters is 1. The number of carbonyl (C=O) groups excluding carboxylic acids is 1. The van der Waals surface area contributed by atoms with Gasteiger partial charge in [0.2, 0.25) is 0 Å². The van der Waals surface area contributed by atoms with Crippen LogP contribution in [0.25, 0.3) is 0 Å². The topological polar surface area (TPSA) is 137 Å². The highest BCUT2D eigenvalue weighted by Crippen LogP contribution is 2.28. The molecule has 0 aromatic rings. The number of aliphatic hydroxyl groups is 5. The maximum Gasteiger partial charge on any atom is 0.334 e. The van der Waals surface area contributed by atoms with Crippen LogP contribution in [0.15, 0.2) is 11.6 Å². The lowest BCUT2D eigenvalue weighted by Gasteiger charge is -2.23. The van der Waals surface area contributed by atoms with Crippen molar-refractivity contribution in [2.24, 2.45) is 0 Å². The highest BCUT2D eigenvalue weighted by molar-refractivity contribution is 5.90. The molecule has 1 saturated heterocycles. The molecule has 0 aliphatic carbocycles. The van der Waals surface area contributed by atoms with E-state index in [1.165, 1.54) is 51.4 Å². The quantitative estimate of drug-likeness (QED) is 0.0590. The van der Waals surface area contributed by atoms with Gasteiger partial charge in [0.25, 0.3) is 0 Å². The molecule has 2 heterocycles. The van der Waals surface area contributed by atoms with E-state index in [4.69, 9.17) is 9.47 Å². The molecular formula is C35H64O8. The smallest absolute Gasteiger partial charge is 0.334 e. The van der Waals surface area contributed by atoms with Crippen LogP contribution in [0.5, 0.6) is 0 Å². The lowest BCUT2D eigenvalue weighted by Crippen LogP contribution is -2.31. The number of hydrogen-bond acceptors (Lipinski definition) is 8. The second-order valence-electron chi connectivity index (χ2n) is 13.3. The van der Waals surface area contributed by atoms with Gasteiger partial charge >= 0.3 is 5.97 Å². The van der Waals surface area contributed by atoms with Gasteiger partial charge in [0, 0.05) is 12.0 Å². The minimum absolute atomic E-state index is 0.0716. The minimum atomic E-state index is -0.812. The van der Waals surface area contributed by atoms with Gasteiger partial charge in [-0.25, -0.2) is 4.79 Å². The van der Waals surface area contributed by atoms with Crippen LogP contribution in [0, 0.1) is 0 Å². The number of ether oxygens (including phenoxy) is 2. The lowest BCUT2D eigenvalue weighted by atomic mass is 9.97. The molecule has 1 fully saturated rings. The largest absolute Gasteiger partial charge is 0.455 e. The number of unbranched alkanes of at least 4 members (excludes halogenated alkanes) is 9. The van der Waals surface area contributed by atoms with Crippen molar-refractivity contribution in [1.29, 1.82) is 0 Å². The molecule has 0 saturated carbocycles. The zero-order chi connectivity index (χ0) is 31.5. The van der Waals surface area contributed by atoms with Crippen LogP contribution in [-0.4, -0.2) is 80.3 Å². The highest BCUT2D eigenvalue weighted by atomic mass is 16.5. The Morgan fingerprint density at radius 2 is 1.33 bits per heavy atom. The maximum absolute atomic E-state index is 11.7. The summed E-state index contributed by atoms with van der Waals surface area (Å²) in [5.74, 6) is -0.346. The van der Waals surface area contributed by atoms with Crippen LogP contribution in [-0.2, 0) is 14.3 Å². The van der Waals surface area contributed by atoms with Gasteiger partial charge in [-0.2, -0.15) is 0 Å². The number of rotatable bonds is 26. The van der Waals surface area contributed by atoms with Gasteiger partial charge in [-0.15, -0.1) is 0 Å². The summed E-state index contributed by atoms with van der Waals surface area (Å²) < 4.78 is 11.1. The predicted molar refractivity (Wildman–Crippen MR) is 170 cm³/mol. The van der Waals surface area contributed by atoms with Gasteiger partial charge in [0.1, 0.15) is 6.10 Å². The Hall–Kier alpha value is -1.03. The maximum atomic E-state index is 11.7. The zero-order valence-electron chi connectivity index (χ0n) is 27.2. The van der Waals surface area contributed by atoms with Crippen molar-refractivity contribution in [3.05, 3.63) is 11.6 Å². The predicted octanol–water partition coefficient (Wildman–Crippen LogP) is 6.03.